The predicted octanol–water partition coefficient (Wildman–Crippen LogP) is 4.05. The normalized spacial score (nSPS) is 20.1. The fraction of sp³-hybridized carbons (Fsp3) is 0.524. The number of carbonyl (C=O) groups is 1. The minimum absolute atomic E-state index is 0.161. The second-order valence-corrected chi connectivity index (χ2v) is 8.06. The smallest absolute Gasteiger partial charge is 0.313 e. The second-order valence-electron chi connectivity index (χ2n) is 7.71. The molecule has 0 aliphatic carbocycles. The van der Waals surface area contributed by atoms with Gasteiger partial charge in [0.2, 0.25) is 0 Å². The third-order valence-electron chi connectivity index (χ3n) is 5.56. The van der Waals surface area contributed by atoms with Gasteiger partial charge >= 0.3 is 5.97 Å². The molecule has 8 heteroatoms. The SMILES string of the molecule is CCOC(=O)C1(Cc2ccc(F)cc2F)CCCN(Cc2c(C)nn(C)c2Cl)C1. The highest BCUT2D eigenvalue weighted by molar-refractivity contribution is 6.30. The van der Waals surface area contributed by atoms with Crippen LogP contribution in [0.25, 0.3) is 0 Å². The van der Waals surface area contributed by atoms with Gasteiger partial charge in [-0.1, -0.05) is 17.7 Å². The average molecular weight is 426 g/mol. The maximum absolute atomic E-state index is 14.3. The molecule has 158 valence electrons. The van der Waals surface area contributed by atoms with Crippen LogP contribution in [0.4, 0.5) is 8.78 Å². The van der Waals surface area contributed by atoms with Crippen molar-refractivity contribution in [1.82, 2.24) is 14.7 Å². The van der Waals surface area contributed by atoms with E-state index in [1.54, 1.807) is 18.7 Å². The molecule has 0 N–H and O–H groups in total. The number of piperidine rings is 1. The lowest BCUT2D eigenvalue weighted by Crippen LogP contribution is -2.49. The summed E-state index contributed by atoms with van der Waals surface area (Å²) in [6, 6.07) is 3.48. The van der Waals surface area contributed by atoms with E-state index in [1.165, 1.54) is 12.1 Å². The highest BCUT2D eigenvalue weighted by atomic mass is 35.5. The molecular weight excluding hydrogens is 400 g/mol. The van der Waals surface area contributed by atoms with E-state index in [2.05, 4.69) is 10.00 Å². The number of benzene rings is 1. The lowest BCUT2D eigenvalue weighted by atomic mass is 9.74. The minimum atomic E-state index is -0.893. The Morgan fingerprint density at radius 1 is 1.38 bits per heavy atom. The molecule has 0 amide bonds. The first-order chi connectivity index (χ1) is 13.8. The summed E-state index contributed by atoms with van der Waals surface area (Å²) in [7, 11) is 1.79. The molecule has 1 aromatic carbocycles. The van der Waals surface area contributed by atoms with Gasteiger partial charge in [0, 0.05) is 31.8 Å². The number of hydrogen-bond acceptors (Lipinski definition) is 4. The van der Waals surface area contributed by atoms with Crippen molar-refractivity contribution in [3.63, 3.8) is 0 Å². The molecule has 29 heavy (non-hydrogen) atoms. The molecule has 1 saturated heterocycles. The number of aromatic nitrogens is 2. The summed E-state index contributed by atoms with van der Waals surface area (Å²) in [6.45, 7) is 5.65. The van der Waals surface area contributed by atoms with E-state index in [-0.39, 0.29) is 19.0 Å². The summed E-state index contributed by atoms with van der Waals surface area (Å²) in [4.78, 5) is 15.1. The van der Waals surface area contributed by atoms with Gasteiger partial charge in [-0.3, -0.25) is 14.4 Å². The molecule has 5 nitrogen and oxygen atoms in total. The molecule has 1 aliphatic rings. The Morgan fingerprint density at radius 2 is 2.14 bits per heavy atom. The van der Waals surface area contributed by atoms with Gasteiger partial charge in [-0.2, -0.15) is 5.10 Å². The zero-order chi connectivity index (χ0) is 21.2. The van der Waals surface area contributed by atoms with Crippen LogP contribution in [0.2, 0.25) is 5.15 Å². The first-order valence-corrected chi connectivity index (χ1v) is 10.1. The highest BCUT2D eigenvalue weighted by Gasteiger charge is 2.44. The van der Waals surface area contributed by atoms with Crippen LogP contribution in [0.1, 0.15) is 36.6 Å². The molecule has 1 aliphatic heterocycles. The number of esters is 1. The van der Waals surface area contributed by atoms with Crippen molar-refractivity contribution < 1.29 is 18.3 Å². The van der Waals surface area contributed by atoms with Gasteiger partial charge in [-0.05, 0) is 51.3 Å². The number of rotatable bonds is 6. The van der Waals surface area contributed by atoms with Crippen LogP contribution in [0.15, 0.2) is 18.2 Å². The van der Waals surface area contributed by atoms with Gasteiger partial charge in [0.1, 0.15) is 16.8 Å². The fourth-order valence-electron chi connectivity index (χ4n) is 4.14. The van der Waals surface area contributed by atoms with Crippen LogP contribution in [-0.2, 0) is 29.5 Å². The van der Waals surface area contributed by atoms with Gasteiger partial charge < -0.3 is 4.74 Å². The fourth-order valence-corrected chi connectivity index (χ4v) is 4.37. The summed E-state index contributed by atoms with van der Waals surface area (Å²) < 4.78 is 34.7. The van der Waals surface area contributed by atoms with Crippen LogP contribution < -0.4 is 0 Å². The molecule has 0 bridgehead atoms. The Labute approximate surface area is 174 Å². The van der Waals surface area contributed by atoms with Gasteiger partial charge in [0.05, 0.1) is 17.7 Å². The predicted molar refractivity (Wildman–Crippen MR) is 107 cm³/mol. The number of hydrogen-bond donors (Lipinski definition) is 0. The standard InChI is InChI=1S/C21H26ClF2N3O2/c1-4-29-20(28)21(11-15-6-7-16(23)10-18(15)24)8-5-9-27(13-21)12-17-14(2)25-26(3)19(17)22/h6-7,10H,4-5,8-9,11-13H2,1-3H3. The van der Waals surface area contributed by atoms with E-state index in [0.717, 1.165) is 30.3 Å². The Hall–Kier alpha value is -1.99. The molecule has 1 unspecified atom stereocenters. The molecule has 1 aromatic heterocycles. The number of ether oxygens (including phenoxy) is 1. The van der Waals surface area contributed by atoms with Gasteiger partial charge in [0.25, 0.3) is 0 Å². The zero-order valence-corrected chi connectivity index (χ0v) is 17.7. The Bertz CT molecular complexity index is 902. The topological polar surface area (TPSA) is 47.4 Å². The number of nitrogens with zero attached hydrogens (tertiary/aromatic N) is 3. The molecule has 0 saturated carbocycles. The van der Waals surface area contributed by atoms with Crippen molar-refractivity contribution in [1.29, 1.82) is 0 Å². The number of aryl methyl sites for hydroxylation is 2. The van der Waals surface area contributed by atoms with E-state index in [9.17, 15) is 13.6 Å². The van der Waals surface area contributed by atoms with Crippen molar-refractivity contribution in [3.8, 4) is 0 Å². The molecule has 2 heterocycles. The molecule has 0 radical (unpaired) electrons. The molecule has 1 fully saturated rings. The number of carbonyl (C=O) groups excluding carboxylic acids is 1. The van der Waals surface area contributed by atoms with Gasteiger partial charge in [-0.25, -0.2) is 8.78 Å². The van der Waals surface area contributed by atoms with Crippen molar-refractivity contribution in [2.75, 3.05) is 19.7 Å². The third-order valence-corrected chi connectivity index (χ3v) is 6.03. The summed E-state index contributed by atoms with van der Waals surface area (Å²) in [5.74, 6) is -1.62. The average Bonchev–Trinajstić information content (AvgIpc) is 2.91. The Morgan fingerprint density at radius 3 is 2.76 bits per heavy atom. The summed E-state index contributed by atoms with van der Waals surface area (Å²) in [6.07, 6.45) is 1.51. The van der Waals surface area contributed by atoms with E-state index < -0.39 is 17.0 Å². The lowest BCUT2D eigenvalue weighted by Gasteiger charge is -2.41. The first-order valence-electron chi connectivity index (χ1n) is 9.77. The number of halogens is 3. The highest BCUT2D eigenvalue weighted by Crippen LogP contribution is 2.37. The zero-order valence-electron chi connectivity index (χ0n) is 17.0. The lowest BCUT2D eigenvalue weighted by molar-refractivity contribution is -0.159. The molecule has 3 rings (SSSR count). The van der Waals surface area contributed by atoms with Crippen molar-refractivity contribution in [2.45, 2.75) is 39.7 Å². The summed E-state index contributed by atoms with van der Waals surface area (Å²) in [5, 5.41) is 4.91. The summed E-state index contributed by atoms with van der Waals surface area (Å²) in [5.41, 5.74) is 1.18. The van der Waals surface area contributed by atoms with Crippen LogP contribution in [0.5, 0.6) is 0 Å². The minimum Gasteiger partial charge on any atom is -0.466 e. The van der Waals surface area contributed by atoms with Gasteiger partial charge in [0.15, 0.2) is 0 Å². The Kier molecular flexibility index (Phi) is 6.58. The van der Waals surface area contributed by atoms with Crippen LogP contribution in [0.3, 0.4) is 0 Å². The molecule has 0 spiro atoms. The first kappa shape index (κ1) is 21.7. The van der Waals surface area contributed by atoms with E-state index in [0.29, 0.717) is 30.2 Å². The van der Waals surface area contributed by atoms with E-state index in [1.807, 2.05) is 6.92 Å². The van der Waals surface area contributed by atoms with E-state index >= 15 is 0 Å². The maximum Gasteiger partial charge on any atom is 0.313 e. The van der Waals surface area contributed by atoms with Crippen LogP contribution in [0, 0.1) is 24.0 Å². The molecule has 1 atom stereocenters. The van der Waals surface area contributed by atoms with Crippen LogP contribution in [-0.4, -0.2) is 40.3 Å². The van der Waals surface area contributed by atoms with Crippen LogP contribution >= 0.6 is 11.6 Å². The van der Waals surface area contributed by atoms with Crippen molar-refractivity contribution in [3.05, 3.63) is 51.8 Å². The van der Waals surface area contributed by atoms with Crippen molar-refractivity contribution in [2.24, 2.45) is 12.5 Å². The number of likely N-dealkylation sites (tertiary alicyclic amines) is 1. The second kappa shape index (κ2) is 8.79. The monoisotopic (exact) mass is 425 g/mol. The summed E-state index contributed by atoms with van der Waals surface area (Å²) >= 11 is 6.38. The quantitative estimate of drug-likeness (QED) is 0.655. The largest absolute Gasteiger partial charge is 0.466 e. The molecule has 2 aromatic rings. The van der Waals surface area contributed by atoms with Crippen molar-refractivity contribution >= 4 is 17.6 Å². The maximum atomic E-state index is 14.3. The van der Waals surface area contributed by atoms with E-state index in [4.69, 9.17) is 16.3 Å². The van der Waals surface area contributed by atoms with Gasteiger partial charge in [-0.15, -0.1) is 0 Å². The molecular formula is C21H26ClF2N3O2. The Balaban J connectivity index is 1.88. The third kappa shape index (κ3) is 4.61.